The topological polar surface area (TPSA) is 101 Å². The van der Waals surface area contributed by atoms with E-state index in [0.717, 1.165) is 23.4 Å². The first kappa shape index (κ1) is 23.1. The number of nitrogens with zero attached hydrogens (tertiary/aromatic N) is 3. The number of carbonyl (C=O) groups is 3. The number of amides is 4. The number of rotatable bonds is 7. The van der Waals surface area contributed by atoms with Gasteiger partial charge in [-0.2, -0.15) is 0 Å². The van der Waals surface area contributed by atoms with Gasteiger partial charge in [-0.15, -0.1) is 0 Å². The molecule has 4 heterocycles. The summed E-state index contributed by atoms with van der Waals surface area (Å²) in [4.78, 5) is 53.5. The molecule has 3 atom stereocenters. The SMILES string of the molecule is COc1ccc(CCN2C(=O)N[C@@H](CCC(=O)N3C[C@@H]4C[C@H](C3)c3cccc(=O)n3C4)C2=O)cc1. The molecule has 35 heavy (non-hydrogen) atoms. The van der Waals surface area contributed by atoms with E-state index in [4.69, 9.17) is 4.74 Å². The summed E-state index contributed by atoms with van der Waals surface area (Å²) in [6.45, 7) is 2.12. The Kier molecular flexibility index (Phi) is 6.32. The third kappa shape index (κ3) is 4.67. The maximum Gasteiger partial charge on any atom is 0.324 e. The number of methoxy groups -OCH3 is 1. The zero-order valence-electron chi connectivity index (χ0n) is 19.8. The van der Waals surface area contributed by atoms with Gasteiger partial charge in [0.05, 0.1) is 7.11 Å². The van der Waals surface area contributed by atoms with Crippen LogP contribution in [-0.2, 0) is 22.6 Å². The van der Waals surface area contributed by atoms with Crippen molar-refractivity contribution in [1.29, 1.82) is 0 Å². The van der Waals surface area contributed by atoms with Crippen LogP contribution in [0.2, 0.25) is 0 Å². The molecular formula is C26H30N4O5. The van der Waals surface area contributed by atoms with Crippen LogP contribution in [-0.4, -0.2) is 65.0 Å². The Morgan fingerprint density at radius 1 is 1.06 bits per heavy atom. The molecule has 9 heteroatoms. The van der Waals surface area contributed by atoms with E-state index >= 15 is 0 Å². The van der Waals surface area contributed by atoms with Crippen molar-refractivity contribution in [1.82, 2.24) is 19.7 Å². The number of fused-ring (bicyclic) bond motifs is 4. The number of carbonyl (C=O) groups excluding carboxylic acids is 3. The van der Waals surface area contributed by atoms with Gasteiger partial charge in [0.2, 0.25) is 5.91 Å². The Labute approximate surface area is 203 Å². The van der Waals surface area contributed by atoms with Crippen LogP contribution in [0.15, 0.2) is 47.3 Å². The van der Waals surface area contributed by atoms with Crippen molar-refractivity contribution in [2.24, 2.45) is 5.92 Å². The minimum absolute atomic E-state index is 0.00911. The van der Waals surface area contributed by atoms with E-state index in [9.17, 15) is 19.2 Å². The maximum absolute atomic E-state index is 13.0. The van der Waals surface area contributed by atoms with Gasteiger partial charge >= 0.3 is 6.03 Å². The lowest BCUT2D eigenvalue weighted by atomic mass is 9.83. The highest BCUT2D eigenvalue weighted by Gasteiger charge is 2.39. The fourth-order valence-electron chi connectivity index (χ4n) is 5.54. The van der Waals surface area contributed by atoms with E-state index in [1.165, 1.54) is 4.90 Å². The van der Waals surface area contributed by atoms with Crippen LogP contribution < -0.4 is 15.6 Å². The number of nitrogens with one attached hydrogen (secondary N) is 1. The van der Waals surface area contributed by atoms with Gasteiger partial charge in [0.1, 0.15) is 11.8 Å². The molecule has 3 aliphatic rings. The summed E-state index contributed by atoms with van der Waals surface area (Å²) in [6, 6.07) is 11.8. The Balaban J connectivity index is 1.14. The lowest BCUT2D eigenvalue weighted by Gasteiger charge is -2.42. The van der Waals surface area contributed by atoms with Crippen molar-refractivity contribution in [2.45, 2.75) is 44.2 Å². The van der Waals surface area contributed by atoms with Crippen LogP contribution in [0.25, 0.3) is 0 Å². The first-order valence-corrected chi connectivity index (χ1v) is 12.1. The first-order valence-electron chi connectivity index (χ1n) is 12.1. The molecule has 0 saturated carbocycles. The molecule has 3 aliphatic heterocycles. The monoisotopic (exact) mass is 478 g/mol. The van der Waals surface area contributed by atoms with Crippen LogP contribution in [0.4, 0.5) is 4.79 Å². The Morgan fingerprint density at radius 3 is 2.63 bits per heavy atom. The normalized spacial score (nSPS) is 23.2. The van der Waals surface area contributed by atoms with E-state index in [-0.39, 0.29) is 48.6 Å². The highest BCUT2D eigenvalue weighted by atomic mass is 16.5. The van der Waals surface area contributed by atoms with E-state index in [1.807, 2.05) is 39.8 Å². The number of ether oxygens (including phenoxy) is 1. The highest BCUT2D eigenvalue weighted by molar-refractivity contribution is 6.04. The zero-order chi connectivity index (χ0) is 24.5. The summed E-state index contributed by atoms with van der Waals surface area (Å²) < 4.78 is 6.99. The predicted molar refractivity (Wildman–Crippen MR) is 128 cm³/mol. The van der Waals surface area contributed by atoms with E-state index in [1.54, 1.807) is 19.2 Å². The quantitative estimate of drug-likeness (QED) is 0.611. The van der Waals surface area contributed by atoms with Crippen LogP contribution in [0.3, 0.4) is 0 Å². The smallest absolute Gasteiger partial charge is 0.324 e. The second-order valence-electron chi connectivity index (χ2n) is 9.63. The van der Waals surface area contributed by atoms with Gasteiger partial charge in [-0.3, -0.25) is 19.3 Å². The Bertz CT molecular complexity index is 1190. The van der Waals surface area contributed by atoms with Crippen LogP contribution in [0.5, 0.6) is 5.75 Å². The largest absolute Gasteiger partial charge is 0.497 e. The average Bonchev–Trinajstić information content (AvgIpc) is 3.14. The summed E-state index contributed by atoms with van der Waals surface area (Å²) in [6.07, 6.45) is 2.01. The third-order valence-electron chi connectivity index (χ3n) is 7.37. The van der Waals surface area contributed by atoms with Crippen molar-refractivity contribution in [3.63, 3.8) is 0 Å². The molecule has 2 fully saturated rings. The summed E-state index contributed by atoms with van der Waals surface area (Å²) >= 11 is 0. The van der Waals surface area contributed by atoms with Gasteiger partial charge in [0, 0.05) is 50.3 Å². The van der Waals surface area contributed by atoms with Gasteiger partial charge < -0.3 is 19.5 Å². The molecule has 184 valence electrons. The molecule has 0 aliphatic carbocycles. The molecule has 1 aromatic carbocycles. The van der Waals surface area contributed by atoms with E-state index in [2.05, 4.69) is 5.32 Å². The van der Waals surface area contributed by atoms with Crippen molar-refractivity contribution in [3.05, 3.63) is 64.1 Å². The molecule has 0 spiro atoms. The van der Waals surface area contributed by atoms with Crippen molar-refractivity contribution < 1.29 is 19.1 Å². The summed E-state index contributed by atoms with van der Waals surface area (Å²) in [5.41, 5.74) is 2.02. The minimum atomic E-state index is -0.675. The van der Waals surface area contributed by atoms with Crippen molar-refractivity contribution in [3.8, 4) is 5.75 Å². The number of pyridine rings is 1. The molecule has 5 rings (SSSR count). The second kappa shape index (κ2) is 9.56. The van der Waals surface area contributed by atoms with E-state index < -0.39 is 12.1 Å². The Morgan fingerprint density at radius 2 is 1.86 bits per heavy atom. The highest BCUT2D eigenvalue weighted by Crippen LogP contribution is 2.35. The van der Waals surface area contributed by atoms with Gasteiger partial charge in [-0.25, -0.2) is 4.79 Å². The fourth-order valence-corrected chi connectivity index (χ4v) is 5.54. The Hall–Kier alpha value is -3.62. The summed E-state index contributed by atoms with van der Waals surface area (Å²) in [5.74, 6) is 0.877. The fraction of sp³-hybridized carbons (Fsp3) is 0.462. The number of piperidine rings is 1. The standard InChI is InChI=1S/C26H30N4O5/c1-35-20-7-5-17(6-8-20)11-12-29-25(33)21(27-26(29)34)9-10-23(31)28-14-18-13-19(16-28)22-3-2-4-24(32)30(22)15-18/h2-8,18-19,21H,9-16H2,1H3,(H,27,34)/t18-,19+,21-/m0/s1. The molecule has 4 amide bonds. The van der Waals surface area contributed by atoms with Gasteiger partial charge in [0.25, 0.3) is 11.5 Å². The molecule has 9 nitrogen and oxygen atoms in total. The first-order chi connectivity index (χ1) is 16.9. The van der Waals surface area contributed by atoms with Crippen molar-refractivity contribution in [2.75, 3.05) is 26.7 Å². The average molecular weight is 479 g/mol. The van der Waals surface area contributed by atoms with Crippen LogP contribution in [0.1, 0.15) is 36.4 Å². The van der Waals surface area contributed by atoms with E-state index in [0.29, 0.717) is 26.1 Å². The summed E-state index contributed by atoms with van der Waals surface area (Å²) in [7, 11) is 1.60. The van der Waals surface area contributed by atoms with Crippen LogP contribution in [0, 0.1) is 5.92 Å². The van der Waals surface area contributed by atoms with Gasteiger partial charge in [0.15, 0.2) is 0 Å². The minimum Gasteiger partial charge on any atom is -0.497 e. The van der Waals surface area contributed by atoms with Crippen LogP contribution >= 0.6 is 0 Å². The number of imide groups is 1. The number of likely N-dealkylation sites (tertiary alicyclic amines) is 1. The molecule has 2 saturated heterocycles. The zero-order valence-corrected chi connectivity index (χ0v) is 19.8. The second-order valence-corrected chi connectivity index (χ2v) is 9.63. The molecule has 1 aromatic heterocycles. The molecule has 2 aromatic rings. The molecule has 0 unspecified atom stereocenters. The maximum atomic E-state index is 13.0. The van der Waals surface area contributed by atoms with Gasteiger partial charge in [-0.1, -0.05) is 18.2 Å². The number of hydrogen-bond acceptors (Lipinski definition) is 5. The number of aromatic nitrogens is 1. The molecule has 2 bridgehead atoms. The van der Waals surface area contributed by atoms with Gasteiger partial charge in [-0.05, 0) is 48.9 Å². The third-order valence-corrected chi connectivity index (χ3v) is 7.37. The summed E-state index contributed by atoms with van der Waals surface area (Å²) in [5, 5.41) is 2.73. The lowest BCUT2D eigenvalue weighted by Crippen LogP contribution is -2.49. The molecule has 1 N–H and O–H groups in total. The predicted octanol–water partition coefficient (Wildman–Crippen LogP) is 1.75. The lowest BCUT2D eigenvalue weighted by molar-refractivity contribution is -0.134. The molecular weight excluding hydrogens is 448 g/mol. The number of hydrogen-bond donors (Lipinski definition) is 1. The van der Waals surface area contributed by atoms with Crippen molar-refractivity contribution >= 4 is 17.8 Å². The molecule has 0 radical (unpaired) electrons. The number of urea groups is 1. The number of benzene rings is 1.